The molecular formula is C21H19ClN2O3S. The molecule has 3 aromatic carbocycles. The van der Waals surface area contributed by atoms with Crippen LogP contribution < -0.4 is 10.0 Å². The number of anilines is 2. The third-order valence-corrected chi connectivity index (χ3v) is 5.89. The predicted molar refractivity (Wildman–Crippen MR) is 113 cm³/mol. The van der Waals surface area contributed by atoms with Gasteiger partial charge in [0.25, 0.3) is 15.9 Å². The summed E-state index contributed by atoms with van der Waals surface area (Å²) in [6.07, 6.45) is 0. The SMILES string of the molecule is Cc1ccc(NC(=O)c2ccc(S(=O)(=O)Nc3ccccc3Cl)cc2)c(C)c1. The number of sulfonamides is 1. The first-order valence-corrected chi connectivity index (χ1v) is 10.4. The summed E-state index contributed by atoms with van der Waals surface area (Å²) in [5.74, 6) is -0.310. The van der Waals surface area contributed by atoms with Gasteiger partial charge in [0, 0.05) is 11.3 Å². The third kappa shape index (κ3) is 4.52. The maximum atomic E-state index is 12.5. The van der Waals surface area contributed by atoms with Crippen molar-refractivity contribution >= 4 is 38.9 Å². The van der Waals surface area contributed by atoms with Gasteiger partial charge in [0.1, 0.15) is 0 Å². The molecule has 0 saturated heterocycles. The van der Waals surface area contributed by atoms with Gasteiger partial charge in [-0.2, -0.15) is 0 Å². The largest absolute Gasteiger partial charge is 0.322 e. The molecule has 7 heteroatoms. The van der Waals surface area contributed by atoms with E-state index in [-0.39, 0.29) is 10.8 Å². The zero-order valence-electron chi connectivity index (χ0n) is 15.4. The van der Waals surface area contributed by atoms with E-state index >= 15 is 0 Å². The molecule has 1 amide bonds. The maximum absolute atomic E-state index is 12.5. The van der Waals surface area contributed by atoms with Crippen molar-refractivity contribution in [2.24, 2.45) is 0 Å². The van der Waals surface area contributed by atoms with E-state index in [1.54, 1.807) is 24.3 Å². The standard InChI is InChI=1S/C21H19ClN2O3S/c1-14-7-12-19(15(2)13-14)23-21(25)16-8-10-17(11-9-16)28(26,27)24-20-6-4-3-5-18(20)22/h3-13,24H,1-2H3,(H,23,25). The van der Waals surface area contributed by atoms with Crippen LogP contribution >= 0.6 is 11.6 Å². The van der Waals surface area contributed by atoms with Crippen molar-refractivity contribution in [1.82, 2.24) is 0 Å². The Balaban J connectivity index is 1.77. The Morgan fingerprint density at radius 2 is 1.57 bits per heavy atom. The number of hydrogen-bond donors (Lipinski definition) is 2. The van der Waals surface area contributed by atoms with Crippen molar-refractivity contribution < 1.29 is 13.2 Å². The van der Waals surface area contributed by atoms with Crippen LogP contribution in [0.15, 0.2) is 71.6 Å². The lowest BCUT2D eigenvalue weighted by Crippen LogP contribution is -2.15. The molecule has 3 aromatic rings. The van der Waals surface area contributed by atoms with Crippen LogP contribution in [-0.4, -0.2) is 14.3 Å². The highest BCUT2D eigenvalue weighted by Crippen LogP contribution is 2.24. The average molecular weight is 415 g/mol. The summed E-state index contributed by atoms with van der Waals surface area (Å²) in [5.41, 5.74) is 3.43. The second kappa shape index (κ2) is 8.04. The van der Waals surface area contributed by atoms with Gasteiger partial charge in [-0.15, -0.1) is 0 Å². The van der Waals surface area contributed by atoms with Gasteiger partial charge in [0.05, 0.1) is 15.6 Å². The molecule has 3 rings (SSSR count). The molecule has 0 aromatic heterocycles. The van der Waals surface area contributed by atoms with E-state index in [2.05, 4.69) is 10.0 Å². The van der Waals surface area contributed by atoms with Gasteiger partial charge in [0.2, 0.25) is 0 Å². The molecule has 144 valence electrons. The fraction of sp³-hybridized carbons (Fsp3) is 0.0952. The van der Waals surface area contributed by atoms with Crippen LogP contribution in [0.1, 0.15) is 21.5 Å². The molecule has 0 aliphatic heterocycles. The summed E-state index contributed by atoms with van der Waals surface area (Å²) in [6.45, 7) is 3.90. The molecule has 0 aliphatic carbocycles. The number of carbonyl (C=O) groups excluding carboxylic acids is 1. The molecule has 0 bridgehead atoms. The Morgan fingerprint density at radius 1 is 0.893 bits per heavy atom. The number of halogens is 1. The number of nitrogens with one attached hydrogen (secondary N) is 2. The number of carbonyl (C=O) groups is 1. The van der Waals surface area contributed by atoms with Crippen molar-refractivity contribution in [2.45, 2.75) is 18.7 Å². The topological polar surface area (TPSA) is 75.3 Å². The van der Waals surface area contributed by atoms with Crippen molar-refractivity contribution in [1.29, 1.82) is 0 Å². The number of benzene rings is 3. The van der Waals surface area contributed by atoms with Crippen LogP contribution in [0.3, 0.4) is 0 Å². The molecule has 5 nitrogen and oxygen atoms in total. The van der Waals surface area contributed by atoms with E-state index in [0.717, 1.165) is 11.1 Å². The van der Waals surface area contributed by atoms with Gasteiger partial charge in [-0.1, -0.05) is 41.4 Å². The summed E-state index contributed by atoms with van der Waals surface area (Å²) in [7, 11) is -3.81. The van der Waals surface area contributed by atoms with Crippen LogP contribution in [0.5, 0.6) is 0 Å². The fourth-order valence-electron chi connectivity index (χ4n) is 2.68. The van der Waals surface area contributed by atoms with Crippen molar-refractivity contribution in [3.05, 3.63) is 88.4 Å². The molecule has 0 aliphatic rings. The molecule has 0 atom stereocenters. The van der Waals surface area contributed by atoms with Gasteiger partial charge in [-0.3, -0.25) is 9.52 Å². The zero-order valence-corrected chi connectivity index (χ0v) is 16.9. The molecule has 2 N–H and O–H groups in total. The number of amides is 1. The molecule has 28 heavy (non-hydrogen) atoms. The van der Waals surface area contributed by atoms with Gasteiger partial charge < -0.3 is 5.32 Å². The number of para-hydroxylation sites is 1. The molecule has 0 radical (unpaired) electrons. The van der Waals surface area contributed by atoms with E-state index in [4.69, 9.17) is 11.6 Å². The van der Waals surface area contributed by atoms with E-state index < -0.39 is 10.0 Å². The van der Waals surface area contributed by atoms with E-state index in [1.165, 1.54) is 24.3 Å². The first-order valence-electron chi connectivity index (χ1n) is 8.52. The highest BCUT2D eigenvalue weighted by atomic mass is 35.5. The second-order valence-corrected chi connectivity index (χ2v) is 8.47. The summed E-state index contributed by atoms with van der Waals surface area (Å²) < 4.78 is 27.5. The Hall–Kier alpha value is -2.83. The molecule has 0 saturated carbocycles. The monoisotopic (exact) mass is 414 g/mol. The lowest BCUT2D eigenvalue weighted by atomic mass is 10.1. The van der Waals surface area contributed by atoms with Gasteiger partial charge >= 0.3 is 0 Å². The van der Waals surface area contributed by atoms with Gasteiger partial charge in [-0.25, -0.2) is 8.42 Å². The summed E-state index contributed by atoms with van der Waals surface area (Å²) in [5, 5.41) is 3.14. The maximum Gasteiger partial charge on any atom is 0.261 e. The van der Waals surface area contributed by atoms with Crippen molar-refractivity contribution in [3.8, 4) is 0 Å². The first-order chi connectivity index (χ1) is 13.3. The third-order valence-electron chi connectivity index (χ3n) is 4.18. The Bertz CT molecular complexity index is 1130. The molecule has 0 spiro atoms. The average Bonchev–Trinajstić information content (AvgIpc) is 2.66. The molecular weight excluding hydrogens is 396 g/mol. The minimum atomic E-state index is -3.81. The number of hydrogen-bond acceptors (Lipinski definition) is 3. The lowest BCUT2D eigenvalue weighted by Gasteiger charge is -2.11. The highest BCUT2D eigenvalue weighted by molar-refractivity contribution is 7.92. The van der Waals surface area contributed by atoms with Gasteiger partial charge in [-0.05, 0) is 61.9 Å². The summed E-state index contributed by atoms with van der Waals surface area (Å²) in [4.78, 5) is 12.5. The first kappa shape index (κ1) is 19.9. The zero-order chi connectivity index (χ0) is 20.3. The Labute approximate surface area is 169 Å². The van der Waals surface area contributed by atoms with Crippen molar-refractivity contribution in [2.75, 3.05) is 10.0 Å². The molecule has 0 fully saturated rings. The predicted octanol–water partition coefficient (Wildman–Crippen LogP) is 5.01. The van der Waals surface area contributed by atoms with Crippen LogP contribution in [0.2, 0.25) is 5.02 Å². The van der Waals surface area contributed by atoms with Crippen molar-refractivity contribution in [3.63, 3.8) is 0 Å². The van der Waals surface area contributed by atoms with E-state index in [0.29, 0.717) is 22.0 Å². The fourth-order valence-corrected chi connectivity index (χ4v) is 4.00. The number of rotatable bonds is 5. The second-order valence-electron chi connectivity index (χ2n) is 6.38. The van der Waals surface area contributed by atoms with Crippen LogP contribution in [-0.2, 0) is 10.0 Å². The van der Waals surface area contributed by atoms with E-state index in [1.807, 2.05) is 32.0 Å². The summed E-state index contributed by atoms with van der Waals surface area (Å²) >= 11 is 6.00. The summed E-state index contributed by atoms with van der Waals surface area (Å²) in [6, 6.07) is 18.0. The van der Waals surface area contributed by atoms with Gasteiger partial charge in [0.15, 0.2) is 0 Å². The highest BCUT2D eigenvalue weighted by Gasteiger charge is 2.16. The van der Waals surface area contributed by atoms with Crippen LogP contribution in [0.4, 0.5) is 11.4 Å². The smallest absolute Gasteiger partial charge is 0.261 e. The van der Waals surface area contributed by atoms with E-state index in [9.17, 15) is 13.2 Å². The quantitative estimate of drug-likeness (QED) is 0.616. The normalized spacial score (nSPS) is 11.1. The lowest BCUT2D eigenvalue weighted by molar-refractivity contribution is 0.102. The minimum absolute atomic E-state index is 0.0375. The molecule has 0 heterocycles. The minimum Gasteiger partial charge on any atom is -0.322 e. The Morgan fingerprint density at radius 3 is 2.21 bits per heavy atom. The number of aryl methyl sites for hydroxylation is 2. The van der Waals surface area contributed by atoms with Crippen LogP contribution in [0, 0.1) is 13.8 Å². The Kier molecular flexibility index (Phi) is 5.72. The molecule has 0 unspecified atom stereocenters. The van der Waals surface area contributed by atoms with Crippen LogP contribution in [0.25, 0.3) is 0 Å².